The van der Waals surface area contributed by atoms with Crippen LogP contribution < -0.4 is 16.1 Å². The van der Waals surface area contributed by atoms with Gasteiger partial charge in [0.05, 0.1) is 11.1 Å². The molecule has 0 aliphatic heterocycles. The minimum absolute atomic E-state index is 0.130. The topological polar surface area (TPSA) is 150 Å². The summed E-state index contributed by atoms with van der Waals surface area (Å²) in [4.78, 5) is 23.5. The number of hydrogen-bond acceptors (Lipinski definition) is 10. The highest BCUT2D eigenvalue weighted by Gasteiger charge is 2.10. The van der Waals surface area contributed by atoms with E-state index in [9.17, 15) is 15.2 Å². The fraction of sp³-hybridized carbons (Fsp3) is 0.0435. The molecule has 11 heteroatoms. The number of aromatic hydroxyl groups is 1. The Kier molecular flexibility index (Phi) is 6.84. The summed E-state index contributed by atoms with van der Waals surface area (Å²) in [7, 11) is 0. The van der Waals surface area contributed by atoms with Gasteiger partial charge in [0.25, 0.3) is 5.69 Å². The molecule has 0 aliphatic rings. The third-order valence-electron chi connectivity index (χ3n) is 4.55. The molecule has 170 valence electrons. The number of hydrazone groups is 1. The Morgan fingerprint density at radius 2 is 1.59 bits per heavy atom. The zero-order valence-electron chi connectivity index (χ0n) is 17.8. The smallest absolute Gasteiger partial charge is 0.270 e. The standard InChI is InChI=1S/C23H20N8O3/c32-20-12-11-19(31(33)34)13-17(20)15-25-30-23-28-21(24-14-16-7-3-1-4-8-16)27-22(29-23)26-18-9-5-2-6-10-18/h1-13,15,32H,14H2,(H3,24,26,27,28,29,30)/b25-15+. The summed E-state index contributed by atoms with van der Waals surface area (Å²) in [5.41, 5.74) is 4.52. The lowest BCUT2D eigenvalue weighted by atomic mass is 10.2. The number of nitrogens with one attached hydrogen (secondary N) is 3. The van der Waals surface area contributed by atoms with Gasteiger partial charge in [-0.1, -0.05) is 48.5 Å². The number of non-ortho nitro benzene ring substituents is 1. The lowest BCUT2D eigenvalue weighted by Crippen LogP contribution is -2.09. The fourth-order valence-corrected chi connectivity index (χ4v) is 2.91. The summed E-state index contributed by atoms with van der Waals surface area (Å²) in [6.07, 6.45) is 1.24. The van der Waals surface area contributed by atoms with Crippen molar-refractivity contribution in [3.05, 3.63) is 100 Å². The largest absolute Gasteiger partial charge is 0.507 e. The van der Waals surface area contributed by atoms with E-state index in [1.807, 2.05) is 60.7 Å². The van der Waals surface area contributed by atoms with E-state index in [1.54, 1.807) is 0 Å². The number of benzene rings is 3. The second-order valence-corrected chi connectivity index (χ2v) is 7.01. The minimum Gasteiger partial charge on any atom is -0.507 e. The molecular weight excluding hydrogens is 436 g/mol. The Bertz CT molecular complexity index is 1300. The van der Waals surface area contributed by atoms with Gasteiger partial charge in [0, 0.05) is 29.9 Å². The van der Waals surface area contributed by atoms with Gasteiger partial charge in [0.1, 0.15) is 5.75 Å². The summed E-state index contributed by atoms with van der Waals surface area (Å²) in [6, 6.07) is 22.8. The molecule has 4 aromatic rings. The molecule has 0 spiro atoms. The van der Waals surface area contributed by atoms with Gasteiger partial charge in [-0.05, 0) is 23.8 Å². The maximum atomic E-state index is 11.0. The molecule has 0 aliphatic carbocycles. The van der Waals surface area contributed by atoms with Crippen LogP contribution in [0.4, 0.5) is 29.2 Å². The highest BCUT2D eigenvalue weighted by atomic mass is 16.6. The van der Waals surface area contributed by atoms with E-state index >= 15 is 0 Å². The molecule has 0 radical (unpaired) electrons. The number of nitrogens with zero attached hydrogens (tertiary/aromatic N) is 5. The quantitative estimate of drug-likeness (QED) is 0.164. The van der Waals surface area contributed by atoms with Crippen molar-refractivity contribution in [1.29, 1.82) is 0 Å². The Hall–Kier alpha value is -5.06. The first-order valence-corrected chi connectivity index (χ1v) is 10.2. The molecule has 0 unspecified atom stereocenters. The number of phenolic OH excluding ortho intramolecular Hbond substituents is 1. The maximum absolute atomic E-state index is 11.0. The van der Waals surface area contributed by atoms with Crippen LogP contribution in [0.15, 0.2) is 84.0 Å². The Balaban J connectivity index is 1.55. The lowest BCUT2D eigenvalue weighted by molar-refractivity contribution is -0.384. The second-order valence-electron chi connectivity index (χ2n) is 7.01. The van der Waals surface area contributed by atoms with Gasteiger partial charge < -0.3 is 15.7 Å². The van der Waals surface area contributed by atoms with Crippen molar-refractivity contribution < 1.29 is 10.0 Å². The van der Waals surface area contributed by atoms with Crippen LogP contribution in [0, 0.1) is 10.1 Å². The summed E-state index contributed by atoms with van der Waals surface area (Å²) in [5.74, 6) is 0.578. The van der Waals surface area contributed by atoms with E-state index in [1.165, 1.54) is 24.4 Å². The van der Waals surface area contributed by atoms with Crippen molar-refractivity contribution in [2.24, 2.45) is 5.10 Å². The average molecular weight is 456 g/mol. The second kappa shape index (κ2) is 10.5. The fourth-order valence-electron chi connectivity index (χ4n) is 2.91. The van der Waals surface area contributed by atoms with Crippen LogP contribution in [-0.4, -0.2) is 31.2 Å². The van der Waals surface area contributed by atoms with Crippen LogP contribution in [0.5, 0.6) is 5.75 Å². The SMILES string of the molecule is O=[N+]([O-])c1ccc(O)c(/C=N/Nc2nc(NCc3ccccc3)nc(Nc3ccccc3)n2)c1. The van der Waals surface area contributed by atoms with Crippen LogP contribution in [0.2, 0.25) is 0 Å². The van der Waals surface area contributed by atoms with Gasteiger partial charge in [-0.25, -0.2) is 5.43 Å². The van der Waals surface area contributed by atoms with E-state index < -0.39 is 4.92 Å². The molecule has 0 saturated carbocycles. The van der Waals surface area contributed by atoms with Crippen LogP contribution in [0.25, 0.3) is 0 Å². The molecule has 1 heterocycles. The Morgan fingerprint density at radius 3 is 2.32 bits per heavy atom. The molecule has 0 atom stereocenters. The molecular formula is C23H20N8O3. The van der Waals surface area contributed by atoms with E-state index in [-0.39, 0.29) is 28.9 Å². The van der Waals surface area contributed by atoms with Gasteiger partial charge in [-0.2, -0.15) is 20.1 Å². The zero-order valence-corrected chi connectivity index (χ0v) is 17.8. The van der Waals surface area contributed by atoms with Crippen molar-refractivity contribution in [2.75, 3.05) is 16.1 Å². The molecule has 0 bridgehead atoms. The number of nitro groups is 1. The highest BCUT2D eigenvalue weighted by Crippen LogP contribution is 2.21. The minimum atomic E-state index is -0.553. The number of rotatable bonds is 9. The van der Waals surface area contributed by atoms with Gasteiger partial charge in [-0.15, -0.1) is 0 Å². The van der Waals surface area contributed by atoms with Crippen molar-refractivity contribution in [2.45, 2.75) is 6.54 Å². The van der Waals surface area contributed by atoms with Gasteiger partial charge in [-0.3, -0.25) is 10.1 Å². The summed E-state index contributed by atoms with van der Waals surface area (Å²) < 4.78 is 0. The van der Waals surface area contributed by atoms with E-state index in [2.05, 4.69) is 36.1 Å². The van der Waals surface area contributed by atoms with Crippen LogP contribution in [0.1, 0.15) is 11.1 Å². The number of nitro benzene ring substituents is 1. The normalized spacial score (nSPS) is 10.7. The third-order valence-corrected chi connectivity index (χ3v) is 4.55. The number of aromatic nitrogens is 3. The maximum Gasteiger partial charge on any atom is 0.270 e. The molecule has 0 fully saturated rings. The van der Waals surface area contributed by atoms with E-state index in [0.29, 0.717) is 12.5 Å². The number of anilines is 4. The van der Waals surface area contributed by atoms with Crippen molar-refractivity contribution in [1.82, 2.24) is 15.0 Å². The van der Waals surface area contributed by atoms with Gasteiger partial charge in [0.15, 0.2) is 0 Å². The van der Waals surface area contributed by atoms with Crippen molar-refractivity contribution in [3.63, 3.8) is 0 Å². The molecule has 1 aromatic heterocycles. The molecule has 11 nitrogen and oxygen atoms in total. The number of para-hydroxylation sites is 1. The van der Waals surface area contributed by atoms with Crippen LogP contribution in [0.3, 0.4) is 0 Å². The van der Waals surface area contributed by atoms with Crippen LogP contribution >= 0.6 is 0 Å². The summed E-state index contributed by atoms with van der Waals surface area (Å²) in [6.45, 7) is 0.500. The van der Waals surface area contributed by atoms with Crippen LogP contribution in [-0.2, 0) is 6.54 Å². The summed E-state index contributed by atoms with van der Waals surface area (Å²) in [5, 5.41) is 31.2. The molecule has 34 heavy (non-hydrogen) atoms. The first-order valence-electron chi connectivity index (χ1n) is 10.2. The van der Waals surface area contributed by atoms with Crippen molar-refractivity contribution >= 4 is 35.4 Å². The van der Waals surface area contributed by atoms with E-state index in [4.69, 9.17) is 0 Å². The molecule has 4 rings (SSSR count). The molecule has 3 aromatic carbocycles. The first-order chi connectivity index (χ1) is 16.6. The first kappa shape index (κ1) is 22.1. The molecule has 4 N–H and O–H groups in total. The van der Waals surface area contributed by atoms with Gasteiger partial charge >= 0.3 is 0 Å². The monoisotopic (exact) mass is 456 g/mol. The molecule has 0 saturated heterocycles. The Labute approximate surface area is 194 Å². The highest BCUT2D eigenvalue weighted by molar-refractivity contribution is 5.84. The third kappa shape index (κ3) is 6.01. The number of phenols is 1. The number of hydrogen-bond donors (Lipinski definition) is 4. The average Bonchev–Trinajstić information content (AvgIpc) is 2.85. The lowest BCUT2D eigenvalue weighted by Gasteiger charge is -2.10. The molecule has 0 amide bonds. The van der Waals surface area contributed by atoms with Gasteiger partial charge in [0.2, 0.25) is 17.8 Å². The predicted octanol–water partition coefficient (Wildman–Crippen LogP) is 4.29. The van der Waals surface area contributed by atoms with Crippen molar-refractivity contribution in [3.8, 4) is 5.75 Å². The summed E-state index contributed by atoms with van der Waals surface area (Å²) >= 11 is 0. The zero-order chi connectivity index (χ0) is 23.8. The predicted molar refractivity (Wildman–Crippen MR) is 129 cm³/mol. The van der Waals surface area contributed by atoms with E-state index in [0.717, 1.165) is 11.3 Å². The Morgan fingerprint density at radius 1 is 0.912 bits per heavy atom.